The molecule has 4 saturated carbocycles. The normalized spacial score (nSPS) is 59.4. The lowest BCUT2D eigenvalue weighted by atomic mass is 9.44. The molecule has 0 bridgehead atoms. The van der Waals surface area contributed by atoms with Gasteiger partial charge in [0.2, 0.25) is 0 Å². The summed E-state index contributed by atoms with van der Waals surface area (Å²) in [5.74, 6) is 3.74. The number of hydrogen-bond donors (Lipinski definition) is 6. The molecule has 4 aliphatic heterocycles. The van der Waals surface area contributed by atoms with Crippen molar-refractivity contribution in [3.05, 3.63) is 0 Å². The summed E-state index contributed by atoms with van der Waals surface area (Å²) in [5, 5.41) is 62.4. The van der Waals surface area contributed by atoms with Crippen LogP contribution in [-0.2, 0) is 28.4 Å². The standard InChI is InChI=1S/C38H62O12/c1-18-7-12-38(46-16-18)19(2)28-26(50-38)14-24-22-6-5-20-13-21(8-10-36(20,3)23(22)9-11-37(24,28)4)47-35-32(44)30(42)33(27(15-39)48-35)49-34-31(43)29(41)25(40)17-45-34/h18-35,39-44H,5-17H2,1-4H3/t18?,19-,20?,21?,22+,23-,24-,25+,26-,27+,28-,29-,30+,31+,32+,33+,34-,35+,36-,37-,38+/m0/s1. The van der Waals surface area contributed by atoms with E-state index in [4.69, 9.17) is 28.4 Å². The number of aliphatic hydroxyl groups excluding tert-OH is 6. The Morgan fingerprint density at radius 2 is 1.50 bits per heavy atom. The minimum Gasteiger partial charge on any atom is -0.394 e. The summed E-state index contributed by atoms with van der Waals surface area (Å²) in [6.45, 7) is 9.79. The summed E-state index contributed by atoms with van der Waals surface area (Å²) < 4.78 is 36.9. The summed E-state index contributed by atoms with van der Waals surface area (Å²) in [6, 6.07) is 0. The highest BCUT2D eigenvalue weighted by molar-refractivity contribution is 5.15. The monoisotopic (exact) mass is 710 g/mol. The molecule has 0 amide bonds. The minimum atomic E-state index is -1.58. The quantitative estimate of drug-likeness (QED) is 0.230. The average molecular weight is 711 g/mol. The molecule has 4 saturated heterocycles. The lowest BCUT2D eigenvalue weighted by Gasteiger charge is -2.61. The van der Waals surface area contributed by atoms with Gasteiger partial charge in [-0.25, -0.2) is 0 Å². The maximum absolute atomic E-state index is 11.1. The van der Waals surface area contributed by atoms with Gasteiger partial charge in [0.05, 0.1) is 32.0 Å². The van der Waals surface area contributed by atoms with Crippen LogP contribution in [0.15, 0.2) is 0 Å². The number of hydrogen-bond acceptors (Lipinski definition) is 12. The van der Waals surface area contributed by atoms with Gasteiger partial charge in [-0.15, -0.1) is 0 Å². The van der Waals surface area contributed by atoms with E-state index >= 15 is 0 Å². The van der Waals surface area contributed by atoms with Crippen LogP contribution in [0.3, 0.4) is 0 Å². The molecule has 12 heteroatoms. The van der Waals surface area contributed by atoms with Crippen LogP contribution in [0.2, 0.25) is 0 Å². The third-order valence-corrected chi connectivity index (χ3v) is 15.8. The SMILES string of the molecule is CC1CC[C@@]2(OC1)O[C@H]1C[C@H]3[C@@H]4CCC5CC(O[C@@H]6O[C@H](CO)[C@@H](O[C@@H]7OC[C@@H](O)[C@H](O)[C@H]7O)[C@H](O)[C@H]6O)CC[C@]5(C)[C@H]4CC[C@]3(C)[C@H]1[C@@H]2C. The summed E-state index contributed by atoms with van der Waals surface area (Å²) in [7, 11) is 0. The molecule has 286 valence electrons. The lowest BCUT2D eigenvalue weighted by Crippen LogP contribution is -2.63. The first-order valence-electron chi connectivity index (χ1n) is 19.7. The van der Waals surface area contributed by atoms with Gasteiger partial charge in [0.1, 0.15) is 42.7 Å². The zero-order chi connectivity index (χ0) is 35.3. The molecule has 21 atom stereocenters. The zero-order valence-corrected chi connectivity index (χ0v) is 30.2. The molecule has 3 unspecified atom stereocenters. The van der Waals surface area contributed by atoms with Crippen molar-refractivity contribution in [1.29, 1.82) is 0 Å². The van der Waals surface area contributed by atoms with Crippen LogP contribution in [0.1, 0.15) is 91.9 Å². The average Bonchev–Trinajstić information content (AvgIpc) is 3.55. The van der Waals surface area contributed by atoms with Crippen LogP contribution >= 0.6 is 0 Å². The molecular formula is C38H62O12. The van der Waals surface area contributed by atoms with Crippen LogP contribution < -0.4 is 0 Å². The second-order valence-corrected chi connectivity index (χ2v) is 18.3. The number of ether oxygens (including phenoxy) is 6. The van der Waals surface area contributed by atoms with E-state index in [9.17, 15) is 30.6 Å². The fraction of sp³-hybridized carbons (Fsp3) is 1.00. The van der Waals surface area contributed by atoms with Crippen LogP contribution in [0.25, 0.3) is 0 Å². The summed E-state index contributed by atoms with van der Waals surface area (Å²) in [5.41, 5.74) is 0.502. The van der Waals surface area contributed by atoms with E-state index < -0.39 is 61.9 Å². The second-order valence-electron chi connectivity index (χ2n) is 18.3. The van der Waals surface area contributed by atoms with Gasteiger partial charge in [0, 0.05) is 12.3 Å². The molecule has 8 aliphatic rings. The van der Waals surface area contributed by atoms with Crippen molar-refractivity contribution in [2.45, 2.75) is 165 Å². The Labute approximate surface area is 296 Å². The zero-order valence-electron chi connectivity index (χ0n) is 30.2. The van der Waals surface area contributed by atoms with Gasteiger partial charge in [0.15, 0.2) is 18.4 Å². The Balaban J connectivity index is 0.894. The van der Waals surface area contributed by atoms with Gasteiger partial charge in [-0.3, -0.25) is 0 Å². The maximum atomic E-state index is 11.1. The van der Waals surface area contributed by atoms with E-state index in [0.29, 0.717) is 47.5 Å². The van der Waals surface area contributed by atoms with Crippen molar-refractivity contribution in [1.82, 2.24) is 0 Å². The largest absolute Gasteiger partial charge is 0.394 e. The fourth-order valence-electron chi connectivity index (χ4n) is 12.9. The molecule has 1 spiro atoms. The van der Waals surface area contributed by atoms with Crippen molar-refractivity contribution in [3.63, 3.8) is 0 Å². The predicted octanol–water partition coefficient (Wildman–Crippen LogP) is 2.08. The molecule has 0 radical (unpaired) electrons. The molecule has 8 fully saturated rings. The van der Waals surface area contributed by atoms with Crippen LogP contribution in [0, 0.1) is 52.3 Å². The molecule has 4 heterocycles. The highest BCUT2D eigenvalue weighted by atomic mass is 16.7. The molecule has 6 N–H and O–H groups in total. The third-order valence-electron chi connectivity index (χ3n) is 15.8. The van der Waals surface area contributed by atoms with E-state index in [-0.39, 0.29) is 29.3 Å². The Morgan fingerprint density at radius 1 is 0.740 bits per heavy atom. The maximum Gasteiger partial charge on any atom is 0.186 e. The Kier molecular flexibility index (Phi) is 9.76. The van der Waals surface area contributed by atoms with Crippen LogP contribution in [0.4, 0.5) is 0 Å². The molecule has 0 aromatic heterocycles. The van der Waals surface area contributed by atoms with Gasteiger partial charge in [-0.05, 0) is 104 Å². The number of rotatable bonds is 5. The van der Waals surface area contributed by atoms with Crippen molar-refractivity contribution >= 4 is 0 Å². The van der Waals surface area contributed by atoms with Crippen molar-refractivity contribution in [3.8, 4) is 0 Å². The van der Waals surface area contributed by atoms with Crippen molar-refractivity contribution in [2.24, 2.45) is 52.3 Å². The summed E-state index contributed by atoms with van der Waals surface area (Å²) in [4.78, 5) is 0. The van der Waals surface area contributed by atoms with E-state index in [1.165, 1.54) is 25.7 Å². The van der Waals surface area contributed by atoms with E-state index in [1.54, 1.807) is 0 Å². The Bertz CT molecular complexity index is 1210. The van der Waals surface area contributed by atoms with Crippen molar-refractivity contribution < 1.29 is 59.1 Å². The fourth-order valence-corrected chi connectivity index (χ4v) is 12.9. The Hall–Kier alpha value is -0.480. The molecule has 0 aromatic rings. The van der Waals surface area contributed by atoms with Gasteiger partial charge in [-0.1, -0.05) is 27.7 Å². The molecular weight excluding hydrogens is 648 g/mol. The molecule has 8 rings (SSSR count). The van der Waals surface area contributed by atoms with Crippen LogP contribution in [0.5, 0.6) is 0 Å². The molecule has 4 aliphatic carbocycles. The van der Waals surface area contributed by atoms with E-state index in [2.05, 4.69) is 27.7 Å². The number of fused-ring (bicyclic) bond motifs is 7. The predicted molar refractivity (Wildman–Crippen MR) is 177 cm³/mol. The minimum absolute atomic E-state index is 0.156. The third kappa shape index (κ3) is 5.68. The summed E-state index contributed by atoms with van der Waals surface area (Å²) >= 11 is 0. The van der Waals surface area contributed by atoms with Gasteiger partial charge >= 0.3 is 0 Å². The van der Waals surface area contributed by atoms with E-state index in [1.807, 2.05) is 0 Å². The van der Waals surface area contributed by atoms with Gasteiger partial charge in [-0.2, -0.15) is 0 Å². The smallest absolute Gasteiger partial charge is 0.186 e. The first-order valence-corrected chi connectivity index (χ1v) is 19.7. The molecule has 50 heavy (non-hydrogen) atoms. The highest BCUT2D eigenvalue weighted by Crippen LogP contribution is 2.71. The van der Waals surface area contributed by atoms with E-state index in [0.717, 1.165) is 45.1 Å². The van der Waals surface area contributed by atoms with Gasteiger partial charge < -0.3 is 59.1 Å². The number of aliphatic hydroxyl groups is 6. The highest BCUT2D eigenvalue weighted by Gasteiger charge is 2.69. The lowest BCUT2D eigenvalue weighted by molar-refractivity contribution is -0.354. The first-order chi connectivity index (χ1) is 23.8. The topological polar surface area (TPSA) is 177 Å². The molecule has 12 nitrogen and oxygen atoms in total. The second kappa shape index (κ2) is 13.4. The van der Waals surface area contributed by atoms with Crippen LogP contribution in [-0.4, -0.2) is 124 Å². The first kappa shape index (κ1) is 36.5. The molecule has 0 aromatic carbocycles. The van der Waals surface area contributed by atoms with Gasteiger partial charge in [0.25, 0.3) is 0 Å². The van der Waals surface area contributed by atoms with Crippen molar-refractivity contribution in [2.75, 3.05) is 19.8 Å². The summed E-state index contributed by atoms with van der Waals surface area (Å²) in [6.07, 6.45) is -1.12. The Morgan fingerprint density at radius 3 is 2.24 bits per heavy atom.